The third-order valence-corrected chi connectivity index (χ3v) is 5.43. The molecule has 1 aromatic heterocycles. The van der Waals surface area contributed by atoms with Crippen molar-refractivity contribution in [3.63, 3.8) is 0 Å². The molecule has 0 saturated heterocycles. The smallest absolute Gasteiger partial charge is 0.252 e. The highest BCUT2D eigenvalue weighted by Crippen LogP contribution is 2.30. The first kappa shape index (κ1) is 20.5. The number of carbonyl (C=O) groups excluding carboxylic acids is 1. The average molecular weight is 412 g/mol. The van der Waals surface area contributed by atoms with E-state index in [1.54, 1.807) is 0 Å². The van der Waals surface area contributed by atoms with E-state index < -0.39 is 11.6 Å². The zero-order valence-corrected chi connectivity index (χ0v) is 17.7. The summed E-state index contributed by atoms with van der Waals surface area (Å²) in [6.07, 6.45) is 2.83. The highest BCUT2D eigenvalue weighted by atomic mass is 16.5. The minimum absolute atomic E-state index is 0.0995. The molecule has 0 aliphatic carbocycles. The highest BCUT2D eigenvalue weighted by molar-refractivity contribution is 5.91. The SMILES string of the molecule is CC(C)(C(=O)C(Oc1ccc(Cc2ccccc2)cc1)n1cncn1)c1ccccc1. The number of hydrogen-bond donors (Lipinski definition) is 0. The van der Waals surface area contributed by atoms with Gasteiger partial charge in [0, 0.05) is 0 Å². The fraction of sp³-hybridized carbons (Fsp3) is 0.192. The Morgan fingerprint density at radius 3 is 2.13 bits per heavy atom. The monoisotopic (exact) mass is 411 g/mol. The Morgan fingerprint density at radius 1 is 0.903 bits per heavy atom. The van der Waals surface area contributed by atoms with E-state index in [9.17, 15) is 4.79 Å². The predicted molar refractivity (Wildman–Crippen MR) is 120 cm³/mol. The fourth-order valence-corrected chi connectivity index (χ4v) is 3.52. The minimum Gasteiger partial charge on any atom is -0.461 e. The minimum atomic E-state index is -0.919. The molecule has 4 aromatic rings. The van der Waals surface area contributed by atoms with Crippen LogP contribution in [-0.4, -0.2) is 20.5 Å². The van der Waals surface area contributed by atoms with Gasteiger partial charge in [0.2, 0.25) is 5.78 Å². The molecule has 0 amide bonds. The Hall–Kier alpha value is -3.73. The van der Waals surface area contributed by atoms with Crippen molar-refractivity contribution < 1.29 is 9.53 Å². The van der Waals surface area contributed by atoms with Crippen molar-refractivity contribution in [2.75, 3.05) is 0 Å². The first-order chi connectivity index (χ1) is 15.0. The van der Waals surface area contributed by atoms with Crippen LogP contribution in [-0.2, 0) is 16.6 Å². The summed E-state index contributed by atoms with van der Waals surface area (Å²) in [4.78, 5) is 17.6. The zero-order valence-electron chi connectivity index (χ0n) is 17.7. The number of carbonyl (C=O) groups is 1. The second-order valence-corrected chi connectivity index (χ2v) is 8.01. The molecule has 5 nitrogen and oxygen atoms in total. The lowest BCUT2D eigenvalue weighted by molar-refractivity contribution is -0.135. The van der Waals surface area contributed by atoms with E-state index in [1.165, 1.54) is 28.5 Å². The molecular weight excluding hydrogens is 386 g/mol. The number of Topliss-reactive ketones (excluding diaryl/α,β-unsaturated/α-hetero) is 1. The van der Waals surface area contributed by atoms with Gasteiger partial charge in [0.25, 0.3) is 6.23 Å². The third-order valence-electron chi connectivity index (χ3n) is 5.43. The molecule has 1 heterocycles. The Morgan fingerprint density at radius 2 is 1.52 bits per heavy atom. The largest absolute Gasteiger partial charge is 0.461 e. The summed E-state index contributed by atoms with van der Waals surface area (Å²) in [5, 5.41) is 4.17. The van der Waals surface area contributed by atoms with Crippen LogP contribution in [0.5, 0.6) is 5.75 Å². The van der Waals surface area contributed by atoms with Crippen molar-refractivity contribution >= 4 is 5.78 Å². The van der Waals surface area contributed by atoms with Gasteiger partial charge in [-0.25, -0.2) is 9.67 Å². The number of hydrogen-bond acceptors (Lipinski definition) is 4. The van der Waals surface area contributed by atoms with Crippen molar-refractivity contribution in [2.45, 2.75) is 31.9 Å². The summed E-state index contributed by atoms with van der Waals surface area (Å²) in [7, 11) is 0. The number of rotatable bonds is 8. The highest BCUT2D eigenvalue weighted by Gasteiger charge is 2.38. The fourth-order valence-electron chi connectivity index (χ4n) is 3.52. The van der Waals surface area contributed by atoms with Gasteiger partial charge in [-0.2, -0.15) is 5.10 Å². The topological polar surface area (TPSA) is 57.0 Å². The lowest BCUT2D eigenvalue weighted by atomic mass is 9.80. The van der Waals surface area contributed by atoms with Crippen molar-refractivity contribution in [3.05, 3.63) is 114 Å². The first-order valence-electron chi connectivity index (χ1n) is 10.3. The Kier molecular flexibility index (Phi) is 5.94. The molecule has 1 unspecified atom stereocenters. The van der Waals surface area contributed by atoms with E-state index in [0.29, 0.717) is 5.75 Å². The molecule has 0 bridgehead atoms. The van der Waals surface area contributed by atoms with Crippen LogP contribution < -0.4 is 4.74 Å². The van der Waals surface area contributed by atoms with Crippen LogP contribution in [0.2, 0.25) is 0 Å². The van der Waals surface area contributed by atoms with E-state index in [2.05, 4.69) is 22.2 Å². The van der Waals surface area contributed by atoms with Crippen LogP contribution in [0.4, 0.5) is 0 Å². The summed E-state index contributed by atoms with van der Waals surface area (Å²) < 4.78 is 7.61. The summed E-state index contributed by atoms with van der Waals surface area (Å²) in [5.74, 6) is 0.507. The van der Waals surface area contributed by atoms with Gasteiger partial charge in [0.1, 0.15) is 18.4 Å². The number of ether oxygens (including phenoxy) is 1. The van der Waals surface area contributed by atoms with Gasteiger partial charge in [-0.3, -0.25) is 4.79 Å². The van der Waals surface area contributed by atoms with E-state index >= 15 is 0 Å². The van der Waals surface area contributed by atoms with E-state index in [4.69, 9.17) is 4.74 Å². The molecule has 0 spiro atoms. The quantitative estimate of drug-likeness (QED) is 0.410. The first-order valence-corrected chi connectivity index (χ1v) is 10.3. The van der Waals surface area contributed by atoms with Gasteiger partial charge in [0.15, 0.2) is 0 Å². The second-order valence-electron chi connectivity index (χ2n) is 8.01. The van der Waals surface area contributed by atoms with E-state index in [-0.39, 0.29) is 5.78 Å². The Labute approximate surface area is 182 Å². The summed E-state index contributed by atoms with van der Waals surface area (Å²) in [6, 6.07) is 27.8. The maximum Gasteiger partial charge on any atom is 0.252 e. The van der Waals surface area contributed by atoms with Crippen LogP contribution in [0.15, 0.2) is 97.6 Å². The van der Waals surface area contributed by atoms with Gasteiger partial charge in [0.05, 0.1) is 5.41 Å². The predicted octanol–water partition coefficient (Wildman–Crippen LogP) is 4.99. The van der Waals surface area contributed by atoms with Gasteiger partial charge in [-0.05, 0) is 49.1 Å². The van der Waals surface area contributed by atoms with Crippen LogP contribution in [0.1, 0.15) is 36.8 Å². The van der Waals surface area contributed by atoms with Crippen LogP contribution >= 0.6 is 0 Å². The molecule has 0 N–H and O–H groups in total. The van der Waals surface area contributed by atoms with Gasteiger partial charge >= 0.3 is 0 Å². The molecule has 0 aliphatic heterocycles. The van der Waals surface area contributed by atoms with Crippen molar-refractivity contribution in [1.82, 2.24) is 14.8 Å². The Bertz CT molecular complexity index is 1110. The number of benzene rings is 3. The van der Waals surface area contributed by atoms with Crippen LogP contribution in [0, 0.1) is 0 Å². The second kappa shape index (κ2) is 8.96. The molecule has 0 aliphatic rings. The van der Waals surface area contributed by atoms with Gasteiger partial charge in [-0.15, -0.1) is 0 Å². The molecular formula is C26H25N3O2. The van der Waals surface area contributed by atoms with Crippen molar-refractivity contribution in [3.8, 4) is 5.75 Å². The molecule has 4 rings (SSSR count). The van der Waals surface area contributed by atoms with Crippen molar-refractivity contribution in [2.24, 2.45) is 0 Å². The van der Waals surface area contributed by atoms with Crippen LogP contribution in [0.25, 0.3) is 0 Å². The summed E-state index contributed by atoms with van der Waals surface area (Å²) >= 11 is 0. The molecule has 5 heteroatoms. The van der Waals surface area contributed by atoms with Gasteiger partial charge in [-0.1, -0.05) is 72.8 Å². The number of nitrogens with zero attached hydrogens (tertiary/aromatic N) is 3. The molecule has 1 atom stereocenters. The summed E-state index contributed by atoms with van der Waals surface area (Å²) in [5.41, 5.74) is 2.58. The molecule has 0 radical (unpaired) electrons. The van der Waals surface area contributed by atoms with Crippen molar-refractivity contribution in [1.29, 1.82) is 0 Å². The lowest BCUT2D eigenvalue weighted by Crippen LogP contribution is -2.39. The maximum absolute atomic E-state index is 13.6. The van der Waals surface area contributed by atoms with E-state index in [1.807, 2.05) is 86.6 Å². The maximum atomic E-state index is 13.6. The molecule has 0 fully saturated rings. The molecule has 3 aromatic carbocycles. The van der Waals surface area contributed by atoms with Gasteiger partial charge < -0.3 is 4.74 Å². The molecule has 0 saturated carbocycles. The molecule has 31 heavy (non-hydrogen) atoms. The molecule has 156 valence electrons. The number of ketones is 1. The standard InChI is InChI=1S/C26H25N3O2/c1-26(2,22-11-7-4-8-12-22)24(30)25(29-19-27-18-28-29)31-23-15-13-21(14-16-23)17-20-9-5-3-6-10-20/h3-16,18-19,25H,17H2,1-2H3. The number of aromatic nitrogens is 3. The zero-order chi connectivity index (χ0) is 21.7. The Balaban J connectivity index is 1.56. The average Bonchev–Trinajstić information content (AvgIpc) is 3.34. The van der Waals surface area contributed by atoms with Crippen LogP contribution in [0.3, 0.4) is 0 Å². The summed E-state index contributed by atoms with van der Waals surface area (Å²) in [6.45, 7) is 3.81. The lowest BCUT2D eigenvalue weighted by Gasteiger charge is -2.29. The van der Waals surface area contributed by atoms with E-state index in [0.717, 1.165) is 12.0 Å². The third kappa shape index (κ3) is 4.72. The normalized spacial score (nSPS) is 12.3.